The number of hydrogen-bond donors (Lipinski definition) is 1. The number of hydrogen-bond acceptors (Lipinski definition) is 5. The predicted octanol–water partition coefficient (Wildman–Crippen LogP) is 5.33. The molecule has 1 saturated heterocycles. The standard InChI is InChI=1S/C24H18Cl2N2O4/c1-13-5-7-16(25)11-18(13)28-21(15-4-3-9-27-12-15)20(23(30)24(28)31)22(29)14-6-8-19(32-2)17(26)10-14/h3-12,21,29H,1-2H3/b22-20+. The van der Waals surface area contributed by atoms with Crippen LogP contribution in [-0.2, 0) is 9.59 Å². The monoisotopic (exact) mass is 468 g/mol. The van der Waals surface area contributed by atoms with Gasteiger partial charge in [0.05, 0.1) is 23.7 Å². The zero-order valence-corrected chi connectivity index (χ0v) is 18.7. The Morgan fingerprint density at radius 3 is 2.56 bits per heavy atom. The van der Waals surface area contributed by atoms with Crippen LogP contribution in [0.25, 0.3) is 5.76 Å². The SMILES string of the molecule is COc1ccc(/C(O)=C2\C(=O)C(=O)N(c3cc(Cl)ccc3C)C2c2cccnc2)cc1Cl. The molecule has 0 radical (unpaired) electrons. The average molecular weight is 469 g/mol. The number of halogens is 2. The highest BCUT2D eigenvalue weighted by Crippen LogP contribution is 2.43. The van der Waals surface area contributed by atoms with Crippen LogP contribution in [0.4, 0.5) is 5.69 Å². The summed E-state index contributed by atoms with van der Waals surface area (Å²) in [6.45, 7) is 1.81. The summed E-state index contributed by atoms with van der Waals surface area (Å²) in [5.41, 5.74) is 2.00. The average Bonchev–Trinajstić information content (AvgIpc) is 3.06. The number of benzene rings is 2. The van der Waals surface area contributed by atoms with Crippen molar-refractivity contribution in [2.24, 2.45) is 0 Å². The number of rotatable bonds is 4. The van der Waals surface area contributed by atoms with E-state index < -0.39 is 17.7 Å². The molecule has 8 heteroatoms. The summed E-state index contributed by atoms with van der Waals surface area (Å²) in [5, 5.41) is 11.8. The molecule has 2 heterocycles. The minimum absolute atomic E-state index is 0.0661. The number of carbonyl (C=O) groups is 2. The molecule has 1 aliphatic heterocycles. The van der Waals surface area contributed by atoms with E-state index in [1.807, 2.05) is 6.92 Å². The van der Waals surface area contributed by atoms with Crippen LogP contribution in [0.2, 0.25) is 10.0 Å². The van der Waals surface area contributed by atoms with Gasteiger partial charge in [0.15, 0.2) is 0 Å². The van der Waals surface area contributed by atoms with Crippen LogP contribution in [0.5, 0.6) is 5.75 Å². The maximum Gasteiger partial charge on any atom is 0.300 e. The second-order valence-corrected chi connectivity index (χ2v) is 8.08. The summed E-state index contributed by atoms with van der Waals surface area (Å²) >= 11 is 12.4. The molecule has 32 heavy (non-hydrogen) atoms. The number of aliphatic hydroxyl groups is 1. The molecular formula is C24H18Cl2N2O4. The number of aliphatic hydroxyl groups excluding tert-OH is 1. The van der Waals surface area contributed by atoms with E-state index in [2.05, 4.69) is 4.98 Å². The molecule has 2 aromatic carbocycles. The van der Waals surface area contributed by atoms with Gasteiger partial charge in [0, 0.05) is 28.7 Å². The molecule has 3 aromatic rings. The summed E-state index contributed by atoms with van der Waals surface area (Å²) in [6, 6.07) is 12.3. The topological polar surface area (TPSA) is 79.7 Å². The van der Waals surface area contributed by atoms with Crippen molar-refractivity contribution in [3.8, 4) is 5.75 Å². The maximum absolute atomic E-state index is 13.2. The smallest absolute Gasteiger partial charge is 0.300 e. The normalized spacial score (nSPS) is 17.6. The predicted molar refractivity (Wildman–Crippen MR) is 123 cm³/mol. The van der Waals surface area contributed by atoms with Gasteiger partial charge in [-0.05, 0) is 54.4 Å². The first-order valence-electron chi connectivity index (χ1n) is 9.64. The van der Waals surface area contributed by atoms with Crippen LogP contribution in [0.15, 0.2) is 66.5 Å². The minimum Gasteiger partial charge on any atom is -0.507 e. The highest BCUT2D eigenvalue weighted by atomic mass is 35.5. The first kappa shape index (κ1) is 21.9. The zero-order chi connectivity index (χ0) is 23.0. The Labute approximate surface area is 194 Å². The van der Waals surface area contributed by atoms with E-state index in [-0.39, 0.29) is 21.9 Å². The molecule has 0 spiro atoms. The maximum atomic E-state index is 13.2. The third kappa shape index (κ3) is 3.72. The lowest BCUT2D eigenvalue weighted by molar-refractivity contribution is -0.132. The highest BCUT2D eigenvalue weighted by molar-refractivity contribution is 6.52. The van der Waals surface area contributed by atoms with Gasteiger partial charge in [-0.2, -0.15) is 0 Å². The van der Waals surface area contributed by atoms with E-state index in [0.717, 1.165) is 5.56 Å². The van der Waals surface area contributed by atoms with Gasteiger partial charge in [0.25, 0.3) is 11.7 Å². The number of pyridine rings is 1. The number of ether oxygens (including phenoxy) is 1. The van der Waals surface area contributed by atoms with Gasteiger partial charge in [-0.25, -0.2) is 0 Å². The molecular weight excluding hydrogens is 451 g/mol. The van der Waals surface area contributed by atoms with Crippen LogP contribution >= 0.6 is 23.2 Å². The fourth-order valence-corrected chi connectivity index (χ4v) is 4.17. The number of ketones is 1. The Morgan fingerprint density at radius 2 is 1.91 bits per heavy atom. The quantitative estimate of drug-likeness (QED) is 0.317. The van der Waals surface area contributed by atoms with Crippen LogP contribution in [0.1, 0.15) is 22.7 Å². The van der Waals surface area contributed by atoms with Crippen molar-refractivity contribution in [3.05, 3.63) is 93.2 Å². The Morgan fingerprint density at radius 1 is 1.12 bits per heavy atom. The fraction of sp³-hybridized carbons (Fsp3) is 0.125. The Kier molecular flexibility index (Phi) is 5.91. The molecule has 1 atom stereocenters. The second-order valence-electron chi connectivity index (χ2n) is 7.24. The summed E-state index contributed by atoms with van der Waals surface area (Å²) < 4.78 is 5.15. The summed E-state index contributed by atoms with van der Waals surface area (Å²) in [4.78, 5) is 31.8. The van der Waals surface area contributed by atoms with Gasteiger partial charge in [-0.1, -0.05) is 35.3 Å². The van der Waals surface area contributed by atoms with Gasteiger partial charge in [0.2, 0.25) is 0 Å². The molecule has 1 N–H and O–H groups in total. The molecule has 6 nitrogen and oxygen atoms in total. The summed E-state index contributed by atoms with van der Waals surface area (Å²) in [6.07, 6.45) is 3.14. The van der Waals surface area contributed by atoms with E-state index in [4.69, 9.17) is 27.9 Å². The van der Waals surface area contributed by atoms with Crippen molar-refractivity contribution in [2.45, 2.75) is 13.0 Å². The number of methoxy groups -OCH3 is 1. The third-order valence-electron chi connectivity index (χ3n) is 5.30. The van der Waals surface area contributed by atoms with E-state index in [1.165, 1.54) is 18.1 Å². The summed E-state index contributed by atoms with van der Waals surface area (Å²) in [5.74, 6) is -1.51. The van der Waals surface area contributed by atoms with E-state index in [1.54, 1.807) is 54.9 Å². The van der Waals surface area contributed by atoms with Crippen molar-refractivity contribution in [2.75, 3.05) is 12.0 Å². The van der Waals surface area contributed by atoms with Crippen LogP contribution in [0, 0.1) is 6.92 Å². The number of aryl methyl sites for hydroxylation is 1. The lowest BCUT2D eigenvalue weighted by Gasteiger charge is -2.26. The fourth-order valence-electron chi connectivity index (χ4n) is 3.75. The van der Waals surface area contributed by atoms with Crippen molar-refractivity contribution in [1.29, 1.82) is 0 Å². The number of anilines is 1. The first-order chi connectivity index (χ1) is 15.3. The molecule has 4 rings (SSSR count). The number of aromatic nitrogens is 1. The molecule has 1 amide bonds. The van der Waals surface area contributed by atoms with Gasteiger partial charge in [-0.15, -0.1) is 0 Å². The Hall–Kier alpha value is -3.35. The molecule has 1 fully saturated rings. The lowest BCUT2D eigenvalue weighted by Crippen LogP contribution is -2.30. The second kappa shape index (κ2) is 8.65. The lowest BCUT2D eigenvalue weighted by atomic mass is 9.96. The minimum atomic E-state index is -0.901. The van der Waals surface area contributed by atoms with Crippen molar-refractivity contribution < 1.29 is 19.4 Å². The molecule has 0 saturated carbocycles. The Balaban J connectivity index is 1.96. The highest BCUT2D eigenvalue weighted by Gasteiger charge is 2.47. The Bertz CT molecular complexity index is 1260. The molecule has 1 aliphatic rings. The molecule has 1 aromatic heterocycles. The molecule has 1 unspecified atom stereocenters. The summed E-state index contributed by atoms with van der Waals surface area (Å²) in [7, 11) is 1.47. The third-order valence-corrected chi connectivity index (χ3v) is 5.83. The first-order valence-corrected chi connectivity index (χ1v) is 10.4. The van der Waals surface area contributed by atoms with Gasteiger partial charge >= 0.3 is 0 Å². The van der Waals surface area contributed by atoms with Gasteiger partial charge < -0.3 is 9.84 Å². The van der Waals surface area contributed by atoms with Crippen molar-refractivity contribution in [3.63, 3.8) is 0 Å². The molecule has 0 bridgehead atoms. The van der Waals surface area contributed by atoms with E-state index in [9.17, 15) is 14.7 Å². The molecule has 0 aliphatic carbocycles. The molecule has 162 valence electrons. The van der Waals surface area contributed by atoms with Crippen LogP contribution in [0.3, 0.4) is 0 Å². The van der Waals surface area contributed by atoms with E-state index >= 15 is 0 Å². The zero-order valence-electron chi connectivity index (χ0n) is 17.2. The van der Waals surface area contributed by atoms with Crippen LogP contribution < -0.4 is 9.64 Å². The number of nitrogens with zero attached hydrogens (tertiary/aromatic N) is 2. The number of carbonyl (C=O) groups excluding carboxylic acids is 2. The van der Waals surface area contributed by atoms with E-state index in [0.29, 0.717) is 22.0 Å². The van der Waals surface area contributed by atoms with Crippen molar-refractivity contribution in [1.82, 2.24) is 4.98 Å². The van der Waals surface area contributed by atoms with Crippen molar-refractivity contribution >= 4 is 46.3 Å². The number of Topliss-reactive ketones (excluding diaryl/α,β-unsaturated/α-hetero) is 1. The van der Waals surface area contributed by atoms with Gasteiger partial charge in [0.1, 0.15) is 11.5 Å². The van der Waals surface area contributed by atoms with Gasteiger partial charge in [-0.3, -0.25) is 19.5 Å². The number of amides is 1. The van der Waals surface area contributed by atoms with Crippen LogP contribution in [-0.4, -0.2) is 28.9 Å². The largest absolute Gasteiger partial charge is 0.507 e.